The Morgan fingerprint density at radius 2 is 2.23 bits per heavy atom. The van der Waals surface area contributed by atoms with Crippen molar-refractivity contribution in [3.63, 3.8) is 0 Å². The van der Waals surface area contributed by atoms with Gasteiger partial charge in [0.1, 0.15) is 5.82 Å². The van der Waals surface area contributed by atoms with Crippen LogP contribution in [0.1, 0.15) is 16.8 Å². The maximum Gasteiger partial charge on any atom is 0.254 e. The molecule has 7 nitrogen and oxygen atoms in total. The molecule has 0 unspecified atom stereocenters. The fourth-order valence-electron chi connectivity index (χ4n) is 2.50. The zero-order valence-electron chi connectivity index (χ0n) is 12.1. The highest BCUT2D eigenvalue weighted by atomic mass is 16.3. The molecule has 0 saturated carbocycles. The van der Waals surface area contributed by atoms with E-state index in [1.165, 1.54) is 0 Å². The second-order valence-corrected chi connectivity index (χ2v) is 5.21. The van der Waals surface area contributed by atoms with E-state index < -0.39 is 0 Å². The monoisotopic (exact) mass is 297 g/mol. The predicted octanol–water partition coefficient (Wildman–Crippen LogP) is 1.88. The lowest BCUT2D eigenvalue weighted by atomic mass is 10.1. The molecule has 1 N–H and O–H groups in total. The van der Waals surface area contributed by atoms with E-state index in [2.05, 4.69) is 15.4 Å². The smallest absolute Gasteiger partial charge is 0.254 e. The van der Waals surface area contributed by atoms with E-state index in [4.69, 9.17) is 4.42 Å². The summed E-state index contributed by atoms with van der Waals surface area (Å²) in [6.07, 6.45) is 2.65. The molecule has 3 aromatic heterocycles. The van der Waals surface area contributed by atoms with Crippen molar-refractivity contribution in [1.82, 2.24) is 19.5 Å². The molecule has 1 fully saturated rings. The van der Waals surface area contributed by atoms with Crippen molar-refractivity contribution in [3.05, 3.63) is 36.1 Å². The van der Waals surface area contributed by atoms with Crippen LogP contribution in [-0.4, -0.2) is 45.5 Å². The number of hydrogen-bond acceptors (Lipinski definition) is 5. The molecule has 0 bridgehead atoms. The van der Waals surface area contributed by atoms with Gasteiger partial charge in [-0.25, -0.2) is 4.98 Å². The third-order valence-corrected chi connectivity index (χ3v) is 3.83. The Labute approximate surface area is 126 Å². The predicted molar refractivity (Wildman–Crippen MR) is 80.8 cm³/mol. The van der Waals surface area contributed by atoms with Gasteiger partial charge in [0.25, 0.3) is 5.91 Å². The lowest BCUT2D eigenvalue weighted by Crippen LogP contribution is -2.42. The minimum atomic E-state index is 0.0350. The summed E-state index contributed by atoms with van der Waals surface area (Å²) in [6.45, 7) is 1.65. The average Bonchev–Trinajstić information content (AvgIpc) is 3.12. The van der Waals surface area contributed by atoms with E-state index in [0.717, 1.165) is 19.5 Å². The van der Waals surface area contributed by atoms with E-state index in [-0.39, 0.29) is 5.91 Å². The number of fused-ring (bicyclic) bond motifs is 1. The van der Waals surface area contributed by atoms with E-state index in [1.807, 2.05) is 4.90 Å². The van der Waals surface area contributed by atoms with Gasteiger partial charge in [-0.3, -0.25) is 4.79 Å². The third kappa shape index (κ3) is 1.93. The molecule has 3 aromatic rings. The maximum absolute atomic E-state index is 12.4. The van der Waals surface area contributed by atoms with Gasteiger partial charge in [0.15, 0.2) is 11.4 Å². The Balaban J connectivity index is 1.82. The van der Waals surface area contributed by atoms with Gasteiger partial charge < -0.3 is 14.6 Å². The van der Waals surface area contributed by atoms with Crippen molar-refractivity contribution in [1.29, 1.82) is 0 Å². The van der Waals surface area contributed by atoms with E-state index >= 15 is 0 Å². The van der Waals surface area contributed by atoms with Gasteiger partial charge in [-0.2, -0.15) is 4.52 Å². The van der Waals surface area contributed by atoms with E-state index in [1.54, 1.807) is 42.1 Å². The van der Waals surface area contributed by atoms with Crippen molar-refractivity contribution >= 4 is 17.4 Å². The van der Waals surface area contributed by atoms with Crippen LogP contribution in [0.5, 0.6) is 0 Å². The SMILES string of the molecule is CNc1cc(C(=O)N2CCC2)cc2nc(-c3ccco3)nn12. The largest absolute Gasteiger partial charge is 0.461 e. The zero-order chi connectivity index (χ0) is 15.1. The first-order chi connectivity index (χ1) is 10.8. The molecule has 0 spiro atoms. The quantitative estimate of drug-likeness (QED) is 0.799. The molecular weight excluding hydrogens is 282 g/mol. The van der Waals surface area contributed by atoms with Crippen molar-refractivity contribution < 1.29 is 9.21 Å². The minimum Gasteiger partial charge on any atom is -0.461 e. The minimum absolute atomic E-state index is 0.0350. The van der Waals surface area contributed by atoms with Crippen molar-refractivity contribution in [2.45, 2.75) is 6.42 Å². The average molecular weight is 297 g/mol. The van der Waals surface area contributed by atoms with Crippen LogP contribution in [0.3, 0.4) is 0 Å². The molecule has 1 aliphatic rings. The van der Waals surface area contributed by atoms with E-state index in [9.17, 15) is 4.79 Å². The Morgan fingerprint density at radius 1 is 1.36 bits per heavy atom. The first-order valence-corrected chi connectivity index (χ1v) is 7.18. The number of likely N-dealkylation sites (tertiary alicyclic amines) is 1. The molecule has 0 radical (unpaired) electrons. The molecule has 7 heteroatoms. The summed E-state index contributed by atoms with van der Waals surface area (Å²) < 4.78 is 7.00. The maximum atomic E-state index is 12.4. The second kappa shape index (κ2) is 4.87. The highest BCUT2D eigenvalue weighted by Crippen LogP contribution is 2.22. The van der Waals surface area contributed by atoms with Gasteiger partial charge in [-0.05, 0) is 30.7 Å². The first kappa shape index (κ1) is 12.9. The fraction of sp³-hybridized carbons (Fsp3) is 0.267. The molecule has 0 atom stereocenters. The number of amides is 1. The number of carbonyl (C=O) groups is 1. The summed E-state index contributed by atoms with van der Waals surface area (Å²) in [5, 5.41) is 7.49. The summed E-state index contributed by atoms with van der Waals surface area (Å²) in [4.78, 5) is 18.7. The molecule has 4 heterocycles. The number of carbonyl (C=O) groups excluding carboxylic acids is 1. The van der Waals surface area contributed by atoms with Crippen LogP contribution in [0.2, 0.25) is 0 Å². The van der Waals surface area contributed by atoms with Gasteiger partial charge in [0.2, 0.25) is 5.82 Å². The number of rotatable bonds is 3. The Kier molecular flexibility index (Phi) is 2.85. The highest BCUT2D eigenvalue weighted by Gasteiger charge is 2.23. The normalized spacial score (nSPS) is 14.1. The summed E-state index contributed by atoms with van der Waals surface area (Å²) in [5.74, 6) is 1.84. The molecule has 1 aliphatic heterocycles. The number of anilines is 1. The zero-order valence-corrected chi connectivity index (χ0v) is 12.1. The van der Waals surface area contributed by atoms with Gasteiger partial charge >= 0.3 is 0 Å². The Hall–Kier alpha value is -2.83. The second-order valence-electron chi connectivity index (χ2n) is 5.21. The fourth-order valence-corrected chi connectivity index (χ4v) is 2.50. The van der Waals surface area contributed by atoms with Crippen LogP contribution in [0.25, 0.3) is 17.2 Å². The van der Waals surface area contributed by atoms with Crippen LogP contribution >= 0.6 is 0 Å². The van der Waals surface area contributed by atoms with Gasteiger partial charge in [0.05, 0.1) is 6.26 Å². The van der Waals surface area contributed by atoms with E-state index in [0.29, 0.717) is 28.6 Å². The number of nitrogens with zero attached hydrogens (tertiary/aromatic N) is 4. The van der Waals surface area contributed by atoms with Crippen molar-refractivity contribution in [2.24, 2.45) is 0 Å². The topological polar surface area (TPSA) is 75.7 Å². The molecule has 1 saturated heterocycles. The molecule has 0 aliphatic carbocycles. The van der Waals surface area contributed by atoms with Crippen molar-refractivity contribution in [3.8, 4) is 11.6 Å². The molecular formula is C15H15N5O2. The number of furan rings is 1. The summed E-state index contributed by atoms with van der Waals surface area (Å²) >= 11 is 0. The number of pyridine rings is 1. The van der Waals surface area contributed by atoms with Crippen LogP contribution in [0.4, 0.5) is 5.82 Å². The summed E-state index contributed by atoms with van der Waals surface area (Å²) in [7, 11) is 1.79. The molecule has 4 rings (SSSR count). The van der Waals surface area contributed by atoms with Gasteiger partial charge in [-0.15, -0.1) is 5.10 Å². The van der Waals surface area contributed by atoms with Gasteiger partial charge in [-0.1, -0.05) is 0 Å². The molecule has 112 valence electrons. The first-order valence-electron chi connectivity index (χ1n) is 7.18. The highest BCUT2D eigenvalue weighted by molar-refractivity contribution is 5.96. The summed E-state index contributed by atoms with van der Waals surface area (Å²) in [6, 6.07) is 7.16. The Morgan fingerprint density at radius 3 is 2.86 bits per heavy atom. The lowest BCUT2D eigenvalue weighted by molar-refractivity contribution is 0.0652. The van der Waals surface area contributed by atoms with Gasteiger partial charge in [0, 0.05) is 25.7 Å². The molecule has 1 amide bonds. The standard InChI is InChI=1S/C15H15N5O2/c1-16-12-8-10(15(21)19-5-3-6-19)9-13-17-14(18-20(12)13)11-4-2-7-22-11/h2,4,7-9,16H,3,5-6H2,1H3. The molecule has 0 aromatic carbocycles. The molecule has 22 heavy (non-hydrogen) atoms. The van der Waals surface area contributed by atoms with Crippen LogP contribution < -0.4 is 5.32 Å². The number of nitrogens with one attached hydrogen (secondary N) is 1. The number of hydrogen-bond donors (Lipinski definition) is 1. The summed E-state index contributed by atoms with van der Waals surface area (Å²) in [5.41, 5.74) is 1.23. The lowest BCUT2D eigenvalue weighted by Gasteiger charge is -2.31. The van der Waals surface area contributed by atoms with Crippen LogP contribution in [-0.2, 0) is 0 Å². The van der Waals surface area contributed by atoms with Crippen LogP contribution in [0.15, 0.2) is 34.9 Å². The third-order valence-electron chi connectivity index (χ3n) is 3.83. The van der Waals surface area contributed by atoms with Crippen LogP contribution in [0, 0.1) is 0 Å². The van der Waals surface area contributed by atoms with Crippen molar-refractivity contribution in [2.75, 3.05) is 25.5 Å². The Bertz CT molecular complexity index is 833. The number of aromatic nitrogens is 3.